The lowest BCUT2D eigenvalue weighted by Crippen LogP contribution is -2.37. The van der Waals surface area contributed by atoms with E-state index in [1.165, 1.54) is 0 Å². The maximum Gasteiger partial charge on any atom is 0.202 e. The number of nitrogens with two attached hydrogens (primary N) is 1. The summed E-state index contributed by atoms with van der Waals surface area (Å²) in [7, 11) is 0. The highest BCUT2D eigenvalue weighted by molar-refractivity contribution is 4.94. The molecule has 3 N–H and O–H groups in total. The van der Waals surface area contributed by atoms with Crippen LogP contribution in [0.25, 0.3) is 0 Å². The Balaban J connectivity index is 3.40. The highest BCUT2D eigenvalue weighted by atomic mass is 16.3. The summed E-state index contributed by atoms with van der Waals surface area (Å²) in [6.45, 7) is 2.06. The molecule has 0 aromatic carbocycles. The molecular weight excluding hydrogens is 128 g/mol. The second kappa shape index (κ2) is 4.26. The molecule has 0 saturated heterocycles. The lowest BCUT2D eigenvalue weighted by Gasteiger charge is -2.12. The zero-order valence-corrected chi connectivity index (χ0v) is 6.30. The van der Waals surface area contributed by atoms with Crippen LogP contribution in [0, 0.1) is 11.3 Å². The standard InChI is InChI=1S/C7H14N2O/c1-2-3-4-5-7(9,10)6-8/h10H,2-5,9H2,1H3. The summed E-state index contributed by atoms with van der Waals surface area (Å²) in [6, 6.07) is 1.63. The van der Waals surface area contributed by atoms with Crippen LogP contribution in [-0.4, -0.2) is 10.8 Å². The van der Waals surface area contributed by atoms with E-state index in [4.69, 9.17) is 16.1 Å². The van der Waals surface area contributed by atoms with Crippen LogP contribution in [0.2, 0.25) is 0 Å². The summed E-state index contributed by atoms with van der Waals surface area (Å²) >= 11 is 0. The minimum absolute atomic E-state index is 0.372. The van der Waals surface area contributed by atoms with E-state index < -0.39 is 5.72 Å². The van der Waals surface area contributed by atoms with E-state index in [1.54, 1.807) is 6.07 Å². The second-order valence-electron chi connectivity index (χ2n) is 2.49. The third-order valence-corrected chi connectivity index (χ3v) is 1.36. The average Bonchev–Trinajstić information content (AvgIpc) is 1.89. The van der Waals surface area contributed by atoms with E-state index >= 15 is 0 Å². The molecule has 0 fully saturated rings. The second-order valence-corrected chi connectivity index (χ2v) is 2.49. The van der Waals surface area contributed by atoms with Crippen LogP contribution in [0.3, 0.4) is 0 Å². The largest absolute Gasteiger partial charge is 0.364 e. The van der Waals surface area contributed by atoms with Gasteiger partial charge in [0.15, 0.2) is 0 Å². The zero-order chi connectivity index (χ0) is 8.04. The van der Waals surface area contributed by atoms with Gasteiger partial charge in [-0.25, -0.2) is 0 Å². The minimum Gasteiger partial charge on any atom is -0.364 e. The molecule has 0 rings (SSSR count). The Bertz CT molecular complexity index is 126. The number of rotatable bonds is 4. The number of unbranched alkanes of at least 4 members (excludes halogenated alkanes) is 2. The molecule has 0 saturated carbocycles. The van der Waals surface area contributed by atoms with E-state index in [0.29, 0.717) is 6.42 Å². The molecule has 1 unspecified atom stereocenters. The van der Waals surface area contributed by atoms with Gasteiger partial charge in [-0.2, -0.15) is 5.26 Å². The molecule has 0 aromatic heterocycles. The molecule has 58 valence electrons. The highest BCUT2D eigenvalue weighted by Crippen LogP contribution is 2.07. The Labute approximate surface area is 61.5 Å². The Hall–Kier alpha value is -0.590. The topological polar surface area (TPSA) is 70.0 Å². The van der Waals surface area contributed by atoms with Crippen molar-refractivity contribution in [2.75, 3.05) is 0 Å². The van der Waals surface area contributed by atoms with Crippen LogP contribution >= 0.6 is 0 Å². The summed E-state index contributed by atoms with van der Waals surface area (Å²) in [5.41, 5.74) is 3.55. The average molecular weight is 142 g/mol. The molecule has 0 amide bonds. The predicted molar refractivity (Wildman–Crippen MR) is 38.9 cm³/mol. The van der Waals surface area contributed by atoms with Gasteiger partial charge in [0.25, 0.3) is 0 Å². The molecule has 10 heavy (non-hydrogen) atoms. The van der Waals surface area contributed by atoms with Gasteiger partial charge in [-0.15, -0.1) is 0 Å². The fourth-order valence-electron chi connectivity index (χ4n) is 0.700. The van der Waals surface area contributed by atoms with Crippen LogP contribution in [0.5, 0.6) is 0 Å². The Kier molecular flexibility index (Phi) is 4.01. The lowest BCUT2D eigenvalue weighted by molar-refractivity contribution is 0.0936. The van der Waals surface area contributed by atoms with E-state index in [1.807, 2.05) is 0 Å². The normalized spacial score (nSPS) is 15.8. The molecule has 0 aliphatic heterocycles. The summed E-state index contributed by atoms with van der Waals surface area (Å²) in [4.78, 5) is 0. The van der Waals surface area contributed by atoms with Gasteiger partial charge in [0, 0.05) is 6.42 Å². The number of hydrogen-bond donors (Lipinski definition) is 2. The highest BCUT2D eigenvalue weighted by Gasteiger charge is 2.17. The molecule has 0 heterocycles. The van der Waals surface area contributed by atoms with Gasteiger partial charge in [-0.05, 0) is 6.42 Å². The van der Waals surface area contributed by atoms with Gasteiger partial charge in [0.1, 0.15) is 6.07 Å². The van der Waals surface area contributed by atoms with Gasteiger partial charge in [0.2, 0.25) is 5.72 Å². The molecule has 0 aliphatic carbocycles. The minimum atomic E-state index is -1.60. The summed E-state index contributed by atoms with van der Waals surface area (Å²) < 4.78 is 0. The van der Waals surface area contributed by atoms with Crippen LogP contribution in [-0.2, 0) is 0 Å². The fraction of sp³-hybridized carbons (Fsp3) is 0.857. The number of aliphatic hydroxyl groups is 1. The number of hydrogen-bond acceptors (Lipinski definition) is 3. The fourth-order valence-corrected chi connectivity index (χ4v) is 0.700. The van der Waals surface area contributed by atoms with Crippen molar-refractivity contribution in [3.8, 4) is 6.07 Å². The third-order valence-electron chi connectivity index (χ3n) is 1.36. The van der Waals surface area contributed by atoms with Crippen molar-refractivity contribution in [2.24, 2.45) is 5.73 Å². The molecule has 0 radical (unpaired) electrons. The molecular formula is C7H14N2O. The first-order chi connectivity index (χ1) is 4.62. The summed E-state index contributed by atoms with van der Waals surface area (Å²) in [5.74, 6) is 0. The molecule has 0 aromatic rings. The smallest absolute Gasteiger partial charge is 0.202 e. The van der Waals surface area contributed by atoms with E-state index in [9.17, 15) is 0 Å². The summed E-state index contributed by atoms with van der Waals surface area (Å²) in [5, 5.41) is 17.2. The SMILES string of the molecule is CCCCCC(N)(O)C#N. The van der Waals surface area contributed by atoms with Crippen LogP contribution in [0.15, 0.2) is 0 Å². The van der Waals surface area contributed by atoms with Crippen molar-refractivity contribution in [3.05, 3.63) is 0 Å². The first kappa shape index (κ1) is 9.41. The molecule has 1 atom stereocenters. The van der Waals surface area contributed by atoms with Gasteiger partial charge >= 0.3 is 0 Å². The lowest BCUT2D eigenvalue weighted by atomic mass is 10.1. The Morgan fingerprint density at radius 2 is 2.20 bits per heavy atom. The quantitative estimate of drug-likeness (QED) is 0.345. The maximum absolute atomic E-state index is 8.97. The Morgan fingerprint density at radius 1 is 1.60 bits per heavy atom. The van der Waals surface area contributed by atoms with Crippen LogP contribution < -0.4 is 5.73 Å². The molecule has 3 nitrogen and oxygen atoms in total. The Morgan fingerprint density at radius 3 is 2.60 bits per heavy atom. The molecule has 0 spiro atoms. The first-order valence-electron chi connectivity index (χ1n) is 3.55. The zero-order valence-electron chi connectivity index (χ0n) is 6.30. The van der Waals surface area contributed by atoms with Crippen molar-refractivity contribution in [3.63, 3.8) is 0 Å². The van der Waals surface area contributed by atoms with Crippen molar-refractivity contribution in [2.45, 2.75) is 38.3 Å². The van der Waals surface area contributed by atoms with E-state index in [-0.39, 0.29) is 0 Å². The van der Waals surface area contributed by atoms with Crippen LogP contribution in [0.4, 0.5) is 0 Å². The van der Waals surface area contributed by atoms with Gasteiger partial charge in [-0.1, -0.05) is 19.8 Å². The van der Waals surface area contributed by atoms with E-state index in [0.717, 1.165) is 19.3 Å². The predicted octanol–water partition coefficient (Wildman–Crippen LogP) is 0.738. The summed E-state index contributed by atoms with van der Waals surface area (Å²) in [6.07, 6.45) is 3.27. The van der Waals surface area contributed by atoms with Gasteiger partial charge in [0.05, 0.1) is 0 Å². The molecule has 0 bridgehead atoms. The van der Waals surface area contributed by atoms with Crippen LogP contribution in [0.1, 0.15) is 32.6 Å². The monoisotopic (exact) mass is 142 g/mol. The number of nitrogens with zero attached hydrogens (tertiary/aromatic N) is 1. The molecule has 0 aliphatic rings. The third kappa shape index (κ3) is 4.30. The first-order valence-corrected chi connectivity index (χ1v) is 3.55. The van der Waals surface area contributed by atoms with Crippen molar-refractivity contribution in [1.82, 2.24) is 0 Å². The van der Waals surface area contributed by atoms with E-state index in [2.05, 4.69) is 6.92 Å². The van der Waals surface area contributed by atoms with Crippen molar-refractivity contribution in [1.29, 1.82) is 5.26 Å². The van der Waals surface area contributed by atoms with Gasteiger partial charge in [-0.3, -0.25) is 5.73 Å². The van der Waals surface area contributed by atoms with Gasteiger partial charge < -0.3 is 5.11 Å². The molecule has 3 heteroatoms. The maximum atomic E-state index is 8.97. The van der Waals surface area contributed by atoms with Crippen molar-refractivity contribution < 1.29 is 5.11 Å². The van der Waals surface area contributed by atoms with Crippen molar-refractivity contribution >= 4 is 0 Å². The number of nitriles is 1.